The van der Waals surface area contributed by atoms with Crippen LogP contribution in [0.2, 0.25) is 0 Å². The second kappa shape index (κ2) is 12.4. The normalized spacial score (nSPS) is 15.4. The van der Waals surface area contributed by atoms with Crippen LogP contribution in [0.1, 0.15) is 31.7 Å². The number of rotatable bonds is 7. The van der Waals surface area contributed by atoms with E-state index in [9.17, 15) is 0 Å². The zero-order valence-corrected chi connectivity index (χ0v) is 18.0. The molecule has 1 aliphatic rings. The average Bonchev–Trinajstić information content (AvgIpc) is 2.62. The second-order valence-electron chi connectivity index (χ2n) is 6.25. The van der Waals surface area contributed by atoms with Crippen LogP contribution in [-0.2, 0) is 11.3 Å². The summed E-state index contributed by atoms with van der Waals surface area (Å²) in [7, 11) is 3.94. The Bertz CT molecular complexity index is 519. The molecule has 25 heavy (non-hydrogen) atoms. The molecule has 0 bridgehead atoms. The van der Waals surface area contributed by atoms with E-state index >= 15 is 0 Å². The molecule has 5 nitrogen and oxygen atoms in total. The highest BCUT2D eigenvalue weighted by Crippen LogP contribution is 2.18. The van der Waals surface area contributed by atoms with Gasteiger partial charge in [0, 0.05) is 40.4 Å². The van der Waals surface area contributed by atoms with Crippen molar-refractivity contribution in [2.45, 2.75) is 32.7 Å². The molecular formula is C19H32IN3O2. The van der Waals surface area contributed by atoms with Crippen LogP contribution in [0.3, 0.4) is 0 Å². The van der Waals surface area contributed by atoms with E-state index in [4.69, 9.17) is 9.47 Å². The van der Waals surface area contributed by atoms with Crippen molar-refractivity contribution in [1.29, 1.82) is 0 Å². The maximum Gasteiger partial charge on any atom is 0.193 e. The van der Waals surface area contributed by atoms with Crippen LogP contribution in [0, 0.1) is 5.92 Å². The number of nitrogens with zero attached hydrogens (tertiary/aromatic N) is 2. The van der Waals surface area contributed by atoms with Gasteiger partial charge >= 0.3 is 0 Å². The molecule has 0 saturated carbocycles. The Morgan fingerprint density at radius 2 is 2.12 bits per heavy atom. The minimum atomic E-state index is 0. The average molecular weight is 461 g/mol. The van der Waals surface area contributed by atoms with E-state index in [1.54, 1.807) is 0 Å². The Kier molecular flexibility index (Phi) is 10.9. The molecule has 142 valence electrons. The standard InChI is InChI=1S/C19H31N3O2.HI/c1-4-24-18-7-5-6-17(14-18)15-21-19(20-2)22(3)11-8-16-9-12-23-13-10-16;/h5-7,14,16H,4,8-13,15H2,1-3H3,(H,20,21);1H. The summed E-state index contributed by atoms with van der Waals surface area (Å²) in [6, 6.07) is 8.19. The smallest absolute Gasteiger partial charge is 0.193 e. The number of nitrogens with one attached hydrogen (secondary N) is 1. The van der Waals surface area contributed by atoms with Gasteiger partial charge in [0.1, 0.15) is 5.75 Å². The van der Waals surface area contributed by atoms with Gasteiger partial charge in [-0.25, -0.2) is 0 Å². The maximum absolute atomic E-state index is 5.55. The van der Waals surface area contributed by atoms with E-state index in [1.807, 2.05) is 26.1 Å². The highest BCUT2D eigenvalue weighted by atomic mass is 127. The van der Waals surface area contributed by atoms with Gasteiger partial charge in [-0.3, -0.25) is 4.99 Å². The predicted molar refractivity (Wildman–Crippen MR) is 114 cm³/mol. The van der Waals surface area contributed by atoms with Gasteiger partial charge < -0.3 is 19.7 Å². The fourth-order valence-corrected chi connectivity index (χ4v) is 2.99. The molecule has 1 aromatic rings. The Hall–Kier alpha value is -1.02. The number of hydrogen-bond acceptors (Lipinski definition) is 3. The van der Waals surface area contributed by atoms with Gasteiger partial charge in [0.25, 0.3) is 0 Å². The van der Waals surface area contributed by atoms with E-state index in [2.05, 4.69) is 34.4 Å². The number of guanidine groups is 1. The molecule has 2 rings (SSSR count). The van der Waals surface area contributed by atoms with E-state index in [0.29, 0.717) is 6.61 Å². The van der Waals surface area contributed by atoms with Gasteiger partial charge in [-0.2, -0.15) is 0 Å². The monoisotopic (exact) mass is 461 g/mol. The third-order valence-corrected chi connectivity index (χ3v) is 4.45. The largest absolute Gasteiger partial charge is 0.494 e. The molecule has 1 fully saturated rings. The topological polar surface area (TPSA) is 46.1 Å². The molecule has 0 spiro atoms. The summed E-state index contributed by atoms with van der Waals surface area (Å²) in [5.41, 5.74) is 1.19. The lowest BCUT2D eigenvalue weighted by atomic mass is 9.96. The Labute approximate surface area is 169 Å². The third-order valence-electron chi connectivity index (χ3n) is 4.45. The van der Waals surface area contributed by atoms with Gasteiger partial charge in [0.2, 0.25) is 0 Å². The van der Waals surface area contributed by atoms with E-state index in [0.717, 1.165) is 43.9 Å². The summed E-state index contributed by atoms with van der Waals surface area (Å²) in [6.07, 6.45) is 3.56. The zero-order valence-electron chi connectivity index (χ0n) is 15.7. The molecule has 0 aliphatic carbocycles. The summed E-state index contributed by atoms with van der Waals surface area (Å²) >= 11 is 0. The fraction of sp³-hybridized carbons (Fsp3) is 0.632. The molecule has 1 aromatic carbocycles. The van der Waals surface area contributed by atoms with Crippen molar-refractivity contribution in [3.8, 4) is 5.75 Å². The number of halogens is 1. The van der Waals surface area contributed by atoms with E-state index in [1.165, 1.54) is 24.8 Å². The van der Waals surface area contributed by atoms with Crippen molar-refractivity contribution in [2.24, 2.45) is 10.9 Å². The van der Waals surface area contributed by atoms with Crippen molar-refractivity contribution in [2.75, 3.05) is 40.5 Å². The Morgan fingerprint density at radius 1 is 1.36 bits per heavy atom. The van der Waals surface area contributed by atoms with Crippen molar-refractivity contribution >= 4 is 29.9 Å². The van der Waals surface area contributed by atoms with Gasteiger partial charge in [-0.05, 0) is 49.8 Å². The lowest BCUT2D eigenvalue weighted by molar-refractivity contribution is 0.0625. The molecule has 0 unspecified atom stereocenters. The van der Waals surface area contributed by atoms with Gasteiger partial charge in [-0.1, -0.05) is 12.1 Å². The van der Waals surface area contributed by atoms with Gasteiger partial charge in [0.05, 0.1) is 6.61 Å². The van der Waals surface area contributed by atoms with Crippen LogP contribution in [0.4, 0.5) is 0 Å². The summed E-state index contributed by atoms with van der Waals surface area (Å²) in [5, 5.41) is 3.44. The number of hydrogen-bond donors (Lipinski definition) is 1. The summed E-state index contributed by atoms with van der Waals surface area (Å²) in [5.74, 6) is 2.63. The summed E-state index contributed by atoms with van der Waals surface area (Å²) in [6.45, 7) is 6.28. The van der Waals surface area contributed by atoms with Gasteiger partial charge in [0.15, 0.2) is 5.96 Å². The summed E-state index contributed by atoms with van der Waals surface area (Å²) in [4.78, 5) is 6.61. The molecule has 0 amide bonds. The molecule has 1 saturated heterocycles. The zero-order chi connectivity index (χ0) is 17.2. The minimum Gasteiger partial charge on any atom is -0.494 e. The first-order valence-electron chi connectivity index (χ1n) is 8.94. The van der Waals surface area contributed by atoms with Crippen molar-refractivity contribution in [3.05, 3.63) is 29.8 Å². The number of aliphatic imine (C=N–C) groups is 1. The van der Waals surface area contributed by atoms with E-state index < -0.39 is 0 Å². The molecular weight excluding hydrogens is 429 g/mol. The Morgan fingerprint density at radius 3 is 2.80 bits per heavy atom. The highest BCUT2D eigenvalue weighted by Gasteiger charge is 2.15. The molecule has 6 heteroatoms. The summed E-state index contributed by atoms with van der Waals surface area (Å²) < 4.78 is 11.0. The number of benzene rings is 1. The first-order chi connectivity index (χ1) is 11.7. The predicted octanol–water partition coefficient (Wildman–Crippen LogP) is 3.53. The quantitative estimate of drug-likeness (QED) is 0.384. The molecule has 1 heterocycles. The third kappa shape index (κ3) is 7.81. The van der Waals surface area contributed by atoms with Crippen molar-refractivity contribution in [3.63, 3.8) is 0 Å². The molecule has 0 atom stereocenters. The van der Waals surface area contributed by atoms with E-state index in [-0.39, 0.29) is 24.0 Å². The van der Waals surface area contributed by atoms with Crippen LogP contribution in [0.5, 0.6) is 5.75 Å². The van der Waals surface area contributed by atoms with Crippen molar-refractivity contribution < 1.29 is 9.47 Å². The SMILES string of the molecule is CCOc1cccc(CNC(=NC)N(C)CCC2CCOCC2)c1.I. The molecule has 1 aliphatic heterocycles. The van der Waals surface area contributed by atoms with Crippen LogP contribution >= 0.6 is 24.0 Å². The van der Waals surface area contributed by atoms with Crippen LogP contribution in [0.25, 0.3) is 0 Å². The Balaban J connectivity index is 0.00000312. The van der Waals surface area contributed by atoms with Crippen LogP contribution in [-0.4, -0.2) is 51.3 Å². The molecule has 0 radical (unpaired) electrons. The lowest BCUT2D eigenvalue weighted by Crippen LogP contribution is -2.39. The second-order valence-corrected chi connectivity index (χ2v) is 6.25. The van der Waals surface area contributed by atoms with Crippen molar-refractivity contribution in [1.82, 2.24) is 10.2 Å². The first-order valence-corrected chi connectivity index (χ1v) is 8.94. The maximum atomic E-state index is 5.55. The highest BCUT2D eigenvalue weighted by molar-refractivity contribution is 14.0. The first kappa shape index (κ1) is 22.0. The van der Waals surface area contributed by atoms with Crippen LogP contribution in [0.15, 0.2) is 29.3 Å². The number of ether oxygens (including phenoxy) is 2. The fourth-order valence-electron chi connectivity index (χ4n) is 2.99. The molecule has 1 N–H and O–H groups in total. The van der Waals surface area contributed by atoms with Gasteiger partial charge in [-0.15, -0.1) is 24.0 Å². The molecule has 0 aromatic heterocycles. The van der Waals surface area contributed by atoms with Crippen LogP contribution < -0.4 is 10.1 Å². The minimum absolute atomic E-state index is 0. The lowest BCUT2D eigenvalue weighted by Gasteiger charge is -2.26.